The highest BCUT2D eigenvalue weighted by Gasteiger charge is 2.12. The van der Waals surface area contributed by atoms with Crippen molar-refractivity contribution < 1.29 is 13.9 Å². The number of halogens is 3. The van der Waals surface area contributed by atoms with Crippen LogP contribution >= 0.6 is 27.5 Å². The minimum atomic E-state index is -0.522. The van der Waals surface area contributed by atoms with Gasteiger partial charge in [0.25, 0.3) is 5.91 Å². The van der Waals surface area contributed by atoms with Crippen LogP contribution < -0.4 is 4.74 Å². The summed E-state index contributed by atoms with van der Waals surface area (Å²) >= 11 is 9.11. The van der Waals surface area contributed by atoms with Gasteiger partial charge >= 0.3 is 0 Å². The van der Waals surface area contributed by atoms with Gasteiger partial charge in [-0.25, -0.2) is 4.39 Å². The molecule has 0 aliphatic rings. The Morgan fingerprint density at radius 3 is 2.73 bits per heavy atom. The number of carbonyl (C=O) groups excluding carboxylic acids is 1. The molecule has 6 heteroatoms. The Labute approximate surface area is 141 Å². The summed E-state index contributed by atoms with van der Waals surface area (Å²) in [4.78, 5) is 13.6. The van der Waals surface area contributed by atoms with Crippen molar-refractivity contribution >= 4 is 33.4 Å². The van der Waals surface area contributed by atoms with Crippen LogP contribution in [0.5, 0.6) is 5.75 Å². The average molecular weight is 387 g/mol. The summed E-state index contributed by atoms with van der Waals surface area (Å²) in [7, 11) is 1.70. The molecule has 0 atom stereocenters. The Balaban J connectivity index is 1.91. The molecule has 0 heterocycles. The van der Waals surface area contributed by atoms with E-state index in [1.54, 1.807) is 11.9 Å². The molecule has 0 unspecified atom stereocenters. The maximum absolute atomic E-state index is 13.0. The van der Waals surface area contributed by atoms with Crippen molar-refractivity contribution in [3.63, 3.8) is 0 Å². The van der Waals surface area contributed by atoms with E-state index in [9.17, 15) is 9.18 Å². The fourth-order valence-corrected chi connectivity index (χ4v) is 2.37. The standard InChI is InChI=1S/C16H14BrClFNO2/c1-20(9-11-4-2-3-5-13(11)17)16(21)10-22-12-6-7-15(19)14(18)8-12/h2-8H,9-10H2,1H3. The van der Waals surface area contributed by atoms with E-state index in [0.717, 1.165) is 10.0 Å². The molecule has 0 saturated carbocycles. The van der Waals surface area contributed by atoms with E-state index < -0.39 is 5.82 Å². The highest BCUT2D eigenvalue weighted by molar-refractivity contribution is 9.10. The summed E-state index contributed by atoms with van der Waals surface area (Å²) < 4.78 is 19.3. The Hall–Kier alpha value is -1.59. The van der Waals surface area contributed by atoms with Gasteiger partial charge in [0.05, 0.1) is 5.02 Å². The molecule has 22 heavy (non-hydrogen) atoms. The molecule has 0 fully saturated rings. The minimum Gasteiger partial charge on any atom is -0.484 e. The molecule has 0 aliphatic carbocycles. The van der Waals surface area contributed by atoms with E-state index in [1.165, 1.54) is 18.2 Å². The molecule has 1 amide bonds. The summed E-state index contributed by atoms with van der Waals surface area (Å²) in [5.74, 6) is -0.350. The van der Waals surface area contributed by atoms with Gasteiger partial charge in [0, 0.05) is 24.1 Å². The Morgan fingerprint density at radius 2 is 2.05 bits per heavy atom. The molecule has 2 aromatic rings. The topological polar surface area (TPSA) is 29.5 Å². The largest absolute Gasteiger partial charge is 0.484 e. The zero-order chi connectivity index (χ0) is 16.1. The molecule has 0 N–H and O–H groups in total. The van der Waals surface area contributed by atoms with Crippen LogP contribution in [0, 0.1) is 5.82 Å². The van der Waals surface area contributed by atoms with Crippen LogP contribution in [0.2, 0.25) is 5.02 Å². The number of ether oxygens (including phenoxy) is 1. The maximum atomic E-state index is 13.0. The maximum Gasteiger partial charge on any atom is 0.260 e. The second kappa shape index (κ2) is 7.61. The number of carbonyl (C=O) groups is 1. The van der Waals surface area contributed by atoms with Gasteiger partial charge in [-0.1, -0.05) is 45.7 Å². The van der Waals surface area contributed by atoms with Gasteiger partial charge in [-0.3, -0.25) is 4.79 Å². The van der Waals surface area contributed by atoms with Crippen molar-refractivity contribution in [1.82, 2.24) is 4.90 Å². The second-order valence-corrected chi connectivity index (χ2v) is 5.97. The average Bonchev–Trinajstić information content (AvgIpc) is 2.50. The van der Waals surface area contributed by atoms with Gasteiger partial charge in [0.2, 0.25) is 0 Å². The number of rotatable bonds is 5. The Kier molecular flexibility index (Phi) is 5.80. The van der Waals surface area contributed by atoms with Crippen LogP contribution in [-0.4, -0.2) is 24.5 Å². The third kappa shape index (κ3) is 4.45. The van der Waals surface area contributed by atoms with Crippen molar-refractivity contribution in [3.05, 3.63) is 63.3 Å². The smallest absolute Gasteiger partial charge is 0.260 e. The fraction of sp³-hybridized carbons (Fsp3) is 0.188. The predicted molar refractivity (Wildman–Crippen MR) is 87.5 cm³/mol. The quantitative estimate of drug-likeness (QED) is 0.767. The molecule has 0 saturated heterocycles. The molecule has 0 spiro atoms. The number of hydrogen-bond acceptors (Lipinski definition) is 2. The number of nitrogens with zero attached hydrogens (tertiary/aromatic N) is 1. The van der Waals surface area contributed by atoms with Crippen molar-refractivity contribution in [2.24, 2.45) is 0 Å². The van der Waals surface area contributed by atoms with E-state index in [0.29, 0.717) is 12.3 Å². The monoisotopic (exact) mass is 385 g/mol. The van der Waals surface area contributed by atoms with Gasteiger partial charge in [-0.2, -0.15) is 0 Å². The van der Waals surface area contributed by atoms with Crippen molar-refractivity contribution in [2.45, 2.75) is 6.54 Å². The normalized spacial score (nSPS) is 10.4. The molecule has 0 bridgehead atoms. The van der Waals surface area contributed by atoms with E-state index >= 15 is 0 Å². The first-order valence-electron chi connectivity index (χ1n) is 6.52. The molecule has 2 aromatic carbocycles. The lowest BCUT2D eigenvalue weighted by molar-refractivity contribution is -0.132. The minimum absolute atomic E-state index is 0.0356. The second-order valence-electron chi connectivity index (χ2n) is 4.71. The molecular weight excluding hydrogens is 373 g/mol. The molecular formula is C16H14BrClFNO2. The van der Waals surface area contributed by atoms with Gasteiger partial charge in [-0.15, -0.1) is 0 Å². The molecule has 3 nitrogen and oxygen atoms in total. The first-order chi connectivity index (χ1) is 10.5. The first-order valence-corrected chi connectivity index (χ1v) is 7.69. The van der Waals surface area contributed by atoms with Gasteiger partial charge < -0.3 is 9.64 Å². The van der Waals surface area contributed by atoms with E-state index in [1.807, 2.05) is 24.3 Å². The number of likely N-dealkylation sites (N-methyl/N-ethyl adjacent to an activating group) is 1. The zero-order valence-corrected chi connectivity index (χ0v) is 14.2. The number of hydrogen-bond donors (Lipinski definition) is 0. The van der Waals surface area contributed by atoms with Crippen LogP contribution in [0.25, 0.3) is 0 Å². The SMILES string of the molecule is CN(Cc1ccccc1Br)C(=O)COc1ccc(F)c(Cl)c1. The zero-order valence-electron chi connectivity index (χ0n) is 11.9. The molecule has 116 valence electrons. The summed E-state index contributed by atoms with van der Waals surface area (Å²) in [5.41, 5.74) is 1.00. The first kappa shape index (κ1) is 16.8. The highest BCUT2D eigenvalue weighted by Crippen LogP contribution is 2.21. The molecule has 0 aromatic heterocycles. The van der Waals surface area contributed by atoms with E-state index in [4.69, 9.17) is 16.3 Å². The van der Waals surface area contributed by atoms with Gasteiger partial charge in [0.15, 0.2) is 6.61 Å². The molecule has 0 radical (unpaired) electrons. The van der Waals surface area contributed by atoms with E-state index in [2.05, 4.69) is 15.9 Å². The predicted octanol–water partition coefficient (Wildman–Crippen LogP) is 4.28. The van der Waals surface area contributed by atoms with Crippen LogP contribution in [0.3, 0.4) is 0 Å². The fourth-order valence-electron chi connectivity index (χ4n) is 1.79. The Morgan fingerprint density at radius 1 is 1.32 bits per heavy atom. The van der Waals surface area contributed by atoms with Crippen LogP contribution in [-0.2, 0) is 11.3 Å². The summed E-state index contributed by atoms with van der Waals surface area (Å²) in [6.45, 7) is 0.330. The molecule has 0 aliphatic heterocycles. The van der Waals surface area contributed by atoms with Crippen molar-refractivity contribution in [2.75, 3.05) is 13.7 Å². The van der Waals surface area contributed by atoms with Crippen LogP contribution in [0.1, 0.15) is 5.56 Å². The van der Waals surface area contributed by atoms with Gasteiger partial charge in [0.1, 0.15) is 11.6 Å². The third-order valence-corrected chi connectivity index (χ3v) is 4.11. The van der Waals surface area contributed by atoms with Crippen LogP contribution in [0.15, 0.2) is 46.9 Å². The van der Waals surface area contributed by atoms with E-state index in [-0.39, 0.29) is 17.5 Å². The van der Waals surface area contributed by atoms with Crippen molar-refractivity contribution in [1.29, 1.82) is 0 Å². The van der Waals surface area contributed by atoms with Crippen molar-refractivity contribution in [3.8, 4) is 5.75 Å². The lowest BCUT2D eigenvalue weighted by Crippen LogP contribution is -2.31. The summed E-state index contributed by atoms with van der Waals surface area (Å²) in [6, 6.07) is 11.7. The third-order valence-electron chi connectivity index (χ3n) is 3.04. The number of amides is 1. The number of benzene rings is 2. The Bertz CT molecular complexity index is 681. The summed E-state index contributed by atoms with van der Waals surface area (Å²) in [5, 5.41) is -0.0356. The lowest BCUT2D eigenvalue weighted by atomic mass is 10.2. The van der Waals surface area contributed by atoms with Crippen LogP contribution in [0.4, 0.5) is 4.39 Å². The summed E-state index contributed by atoms with van der Waals surface area (Å²) in [6.07, 6.45) is 0. The van der Waals surface area contributed by atoms with Gasteiger partial charge in [-0.05, 0) is 23.8 Å². The highest BCUT2D eigenvalue weighted by atomic mass is 79.9. The lowest BCUT2D eigenvalue weighted by Gasteiger charge is -2.18. The molecule has 2 rings (SSSR count).